The Morgan fingerprint density at radius 3 is 2.88 bits per heavy atom. The smallest absolute Gasteiger partial charge is 0.272 e. The number of H-pyrrole nitrogens is 1. The minimum atomic E-state index is -2.97. The lowest BCUT2D eigenvalue weighted by atomic mass is 10.2. The summed E-state index contributed by atoms with van der Waals surface area (Å²) in [6.45, 7) is 2.34. The SMILES string of the molecule is CCN(C(=O)c1cnc[nH]1)C1CCS(=O)(=O)C1. The number of aromatic amines is 1. The number of rotatable bonds is 3. The number of hydrogen-bond donors (Lipinski definition) is 1. The Labute approximate surface area is 100.0 Å². The number of nitrogens with one attached hydrogen (secondary N) is 1. The van der Waals surface area contributed by atoms with Gasteiger partial charge in [-0.3, -0.25) is 4.79 Å². The van der Waals surface area contributed by atoms with Crippen LogP contribution >= 0.6 is 0 Å². The van der Waals surface area contributed by atoms with Gasteiger partial charge in [-0.15, -0.1) is 0 Å². The Morgan fingerprint density at radius 1 is 1.65 bits per heavy atom. The molecule has 1 aliphatic heterocycles. The quantitative estimate of drug-likeness (QED) is 0.830. The van der Waals surface area contributed by atoms with E-state index in [1.54, 1.807) is 4.90 Å². The summed E-state index contributed by atoms with van der Waals surface area (Å²) in [5, 5.41) is 0. The minimum Gasteiger partial charge on any atom is -0.341 e. The van der Waals surface area contributed by atoms with Gasteiger partial charge in [-0.05, 0) is 13.3 Å². The van der Waals surface area contributed by atoms with Gasteiger partial charge in [-0.1, -0.05) is 0 Å². The Hall–Kier alpha value is -1.37. The van der Waals surface area contributed by atoms with E-state index in [1.165, 1.54) is 12.5 Å². The number of hydrogen-bond acceptors (Lipinski definition) is 4. The van der Waals surface area contributed by atoms with Gasteiger partial charge in [0.2, 0.25) is 0 Å². The molecule has 0 bridgehead atoms. The molecule has 0 spiro atoms. The highest BCUT2D eigenvalue weighted by atomic mass is 32.2. The molecular weight excluding hydrogens is 242 g/mol. The maximum Gasteiger partial charge on any atom is 0.272 e. The maximum atomic E-state index is 12.1. The Balaban J connectivity index is 2.15. The number of sulfone groups is 1. The van der Waals surface area contributed by atoms with Crippen molar-refractivity contribution in [1.29, 1.82) is 0 Å². The van der Waals surface area contributed by atoms with Gasteiger partial charge < -0.3 is 9.88 Å². The summed E-state index contributed by atoms with van der Waals surface area (Å²) in [4.78, 5) is 20.2. The lowest BCUT2D eigenvalue weighted by Gasteiger charge is -2.26. The summed E-state index contributed by atoms with van der Waals surface area (Å²) < 4.78 is 22.8. The molecule has 2 rings (SSSR count). The second kappa shape index (κ2) is 4.48. The first-order valence-corrected chi connectivity index (χ1v) is 7.35. The first-order valence-electron chi connectivity index (χ1n) is 5.53. The zero-order valence-corrected chi connectivity index (χ0v) is 10.4. The van der Waals surface area contributed by atoms with E-state index in [0.717, 1.165) is 0 Å². The van der Waals surface area contributed by atoms with Crippen molar-refractivity contribution in [3.05, 3.63) is 18.2 Å². The lowest BCUT2D eigenvalue weighted by Crippen LogP contribution is -2.41. The molecule has 1 unspecified atom stereocenters. The molecule has 1 aliphatic rings. The average Bonchev–Trinajstić information content (AvgIpc) is 2.88. The Morgan fingerprint density at radius 2 is 2.41 bits per heavy atom. The first-order chi connectivity index (χ1) is 8.03. The molecule has 1 N–H and O–H groups in total. The number of aromatic nitrogens is 2. The molecule has 2 heterocycles. The molecule has 94 valence electrons. The zero-order valence-electron chi connectivity index (χ0n) is 9.59. The summed E-state index contributed by atoms with van der Waals surface area (Å²) in [5.41, 5.74) is 0.399. The summed E-state index contributed by atoms with van der Waals surface area (Å²) in [5.74, 6) is 0.0533. The van der Waals surface area contributed by atoms with Crippen molar-refractivity contribution in [2.45, 2.75) is 19.4 Å². The van der Waals surface area contributed by atoms with Crippen LogP contribution in [-0.2, 0) is 9.84 Å². The van der Waals surface area contributed by atoms with Gasteiger partial charge >= 0.3 is 0 Å². The summed E-state index contributed by atoms with van der Waals surface area (Å²) in [7, 11) is -2.97. The van der Waals surface area contributed by atoms with Crippen molar-refractivity contribution in [3.63, 3.8) is 0 Å². The van der Waals surface area contributed by atoms with Crippen molar-refractivity contribution < 1.29 is 13.2 Å². The van der Waals surface area contributed by atoms with Gasteiger partial charge in [-0.2, -0.15) is 0 Å². The van der Waals surface area contributed by atoms with Crippen molar-refractivity contribution in [3.8, 4) is 0 Å². The van der Waals surface area contributed by atoms with E-state index in [2.05, 4.69) is 9.97 Å². The predicted octanol–water partition coefficient (Wildman–Crippen LogP) is 0.0589. The predicted molar refractivity (Wildman–Crippen MR) is 62.4 cm³/mol. The van der Waals surface area contributed by atoms with Crippen molar-refractivity contribution in [2.24, 2.45) is 0 Å². The number of carbonyl (C=O) groups is 1. The van der Waals surface area contributed by atoms with Gasteiger partial charge in [-0.25, -0.2) is 13.4 Å². The molecule has 1 fully saturated rings. The van der Waals surface area contributed by atoms with E-state index in [4.69, 9.17) is 0 Å². The normalized spacial score (nSPS) is 22.5. The molecule has 1 amide bonds. The van der Waals surface area contributed by atoms with Crippen LogP contribution in [0, 0.1) is 0 Å². The van der Waals surface area contributed by atoms with Crippen molar-refractivity contribution in [1.82, 2.24) is 14.9 Å². The molecule has 1 aromatic rings. The zero-order chi connectivity index (χ0) is 12.5. The first kappa shape index (κ1) is 12.1. The van der Waals surface area contributed by atoms with Crippen LogP contribution in [0.5, 0.6) is 0 Å². The Kier molecular flexibility index (Phi) is 3.19. The fourth-order valence-corrected chi connectivity index (χ4v) is 3.85. The molecule has 1 aromatic heterocycles. The molecule has 1 atom stereocenters. The van der Waals surface area contributed by atoms with Gasteiger partial charge in [0, 0.05) is 12.6 Å². The third kappa shape index (κ3) is 2.49. The van der Waals surface area contributed by atoms with Crippen LogP contribution in [-0.4, -0.2) is 53.3 Å². The van der Waals surface area contributed by atoms with Gasteiger partial charge in [0.05, 0.1) is 24.0 Å². The fourth-order valence-electron chi connectivity index (χ4n) is 2.12. The standard InChI is InChI=1S/C10H15N3O3S/c1-2-13(8-3-4-17(15,16)6-8)10(14)9-5-11-7-12-9/h5,7-8H,2-4,6H2,1H3,(H,11,12). The average molecular weight is 257 g/mol. The minimum absolute atomic E-state index is 0.0702. The monoisotopic (exact) mass is 257 g/mol. The molecule has 7 heteroatoms. The number of amides is 1. The van der Waals surface area contributed by atoms with E-state index >= 15 is 0 Å². The van der Waals surface area contributed by atoms with Gasteiger partial charge in [0.1, 0.15) is 5.69 Å². The summed E-state index contributed by atoms with van der Waals surface area (Å²) >= 11 is 0. The molecular formula is C10H15N3O3S. The van der Waals surface area contributed by atoms with Crippen LogP contribution < -0.4 is 0 Å². The molecule has 0 radical (unpaired) electrons. The number of carbonyl (C=O) groups excluding carboxylic acids is 1. The largest absolute Gasteiger partial charge is 0.341 e. The summed E-state index contributed by atoms with van der Waals surface area (Å²) in [6, 6.07) is -0.208. The summed E-state index contributed by atoms with van der Waals surface area (Å²) in [6.07, 6.45) is 3.41. The topological polar surface area (TPSA) is 83.1 Å². The molecule has 1 saturated heterocycles. The van der Waals surface area contributed by atoms with Crippen LogP contribution in [0.1, 0.15) is 23.8 Å². The van der Waals surface area contributed by atoms with E-state index in [9.17, 15) is 13.2 Å². The van der Waals surface area contributed by atoms with Crippen LogP contribution in [0.25, 0.3) is 0 Å². The highest BCUT2D eigenvalue weighted by Gasteiger charge is 2.34. The van der Waals surface area contributed by atoms with Gasteiger partial charge in [0.25, 0.3) is 5.91 Å². The van der Waals surface area contributed by atoms with Crippen LogP contribution in [0.3, 0.4) is 0 Å². The second-order valence-corrected chi connectivity index (χ2v) is 6.34. The van der Waals surface area contributed by atoms with Crippen LogP contribution in [0.2, 0.25) is 0 Å². The molecule has 0 aliphatic carbocycles. The highest BCUT2D eigenvalue weighted by molar-refractivity contribution is 7.91. The number of imidazole rings is 1. The van der Waals surface area contributed by atoms with Gasteiger partial charge in [0.15, 0.2) is 9.84 Å². The van der Waals surface area contributed by atoms with Crippen LogP contribution in [0.15, 0.2) is 12.5 Å². The third-order valence-corrected chi connectivity index (χ3v) is 4.73. The molecule has 17 heavy (non-hydrogen) atoms. The van der Waals surface area contributed by atoms with Crippen molar-refractivity contribution >= 4 is 15.7 Å². The number of nitrogens with zero attached hydrogens (tertiary/aromatic N) is 2. The molecule has 0 saturated carbocycles. The van der Waals surface area contributed by atoms with E-state index < -0.39 is 9.84 Å². The molecule has 0 aromatic carbocycles. The van der Waals surface area contributed by atoms with E-state index in [-0.39, 0.29) is 23.5 Å². The van der Waals surface area contributed by atoms with Crippen molar-refractivity contribution in [2.75, 3.05) is 18.1 Å². The van der Waals surface area contributed by atoms with Crippen LogP contribution in [0.4, 0.5) is 0 Å². The highest BCUT2D eigenvalue weighted by Crippen LogP contribution is 2.19. The fraction of sp³-hybridized carbons (Fsp3) is 0.600. The Bertz CT molecular complexity index is 495. The third-order valence-electron chi connectivity index (χ3n) is 2.98. The molecule has 6 nitrogen and oxygen atoms in total. The lowest BCUT2D eigenvalue weighted by molar-refractivity contribution is 0.0703. The van der Waals surface area contributed by atoms with E-state index in [0.29, 0.717) is 18.7 Å². The van der Waals surface area contributed by atoms with E-state index in [1.807, 2.05) is 6.92 Å². The maximum absolute atomic E-state index is 12.1. The second-order valence-electron chi connectivity index (χ2n) is 4.11.